The van der Waals surface area contributed by atoms with Gasteiger partial charge in [0.25, 0.3) is 5.91 Å². The topological polar surface area (TPSA) is 127 Å². The van der Waals surface area contributed by atoms with E-state index >= 15 is 0 Å². The number of imidazole rings is 1. The first-order chi connectivity index (χ1) is 14.8. The summed E-state index contributed by atoms with van der Waals surface area (Å²) in [6.07, 6.45) is 9.36. The van der Waals surface area contributed by atoms with Crippen molar-refractivity contribution in [2.45, 2.75) is 64.1 Å². The van der Waals surface area contributed by atoms with Gasteiger partial charge in [-0.1, -0.05) is 0 Å². The second-order valence-corrected chi connectivity index (χ2v) is 8.75. The molecule has 31 heavy (non-hydrogen) atoms. The maximum atomic E-state index is 13.0. The van der Waals surface area contributed by atoms with Crippen LogP contribution in [0.5, 0.6) is 0 Å². The van der Waals surface area contributed by atoms with Gasteiger partial charge < -0.3 is 20.4 Å². The number of nitrogens with one attached hydrogen (secondary N) is 3. The third-order valence-corrected chi connectivity index (χ3v) is 5.13. The van der Waals surface area contributed by atoms with Crippen molar-refractivity contribution in [1.82, 2.24) is 35.1 Å². The molecule has 0 atom stereocenters. The van der Waals surface area contributed by atoms with Crippen molar-refractivity contribution in [2.75, 3.05) is 0 Å². The fourth-order valence-electron chi connectivity index (χ4n) is 3.70. The Kier molecular flexibility index (Phi) is 5.62. The third-order valence-electron chi connectivity index (χ3n) is 5.13. The van der Waals surface area contributed by atoms with Gasteiger partial charge in [-0.2, -0.15) is 0 Å². The molecule has 4 rings (SSSR count). The first kappa shape index (κ1) is 20.8. The van der Waals surface area contributed by atoms with Crippen molar-refractivity contribution in [3.8, 4) is 5.95 Å². The lowest BCUT2D eigenvalue weighted by Crippen LogP contribution is -2.45. The maximum Gasteiger partial charge on any atom is 0.407 e. The molecule has 1 saturated carbocycles. The van der Waals surface area contributed by atoms with Crippen molar-refractivity contribution in [2.24, 2.45) is 0 Å². The molecule has 0 aromatic carbocycles. The van der Waals surface area contributed by atoms with E-state index in [1.807, 2.05) is 26.8 Å². The molecule has 1 aliphatic carbocycles. The van der Waals surface area contributed by atoms with Crippen molar-refractivity contribution in [3.05, 3.63) is 36.7 Å². The van der Waals surface area contributed by atoms with Crippen LogP contribution >= 0.6 is 0 Å². The highest BCUT2D eigenvalue weighted by Crippen LogP contribution is 2.21. The van der Waals surface area contributed by atoms with E-state index in [0.29, 0.717) is 22.7 Å². The summed E-state index contributed by atoms with van der Waals surface area (Å²) in [4.78, 5) is 41.0. The molecule has 3 aromatic rings. The van der Waals surface area contributed by atoms with Crippen molar-refractivity contribution in [1.29, 1.82) is 0 Å². The molecule has 2 amide bonds. The Morgan fingerprint density at radius 2 is 1.84 bits per heavy atom. The van der Waals surface area contributed by atoms with Gasteiger partial charge in [0.05, 0.1) is 11.0 Å². The minimum Gasteiger partial charge on any atom is -0.444 e. The minimum atomic E-state index is -0.522. The highest BCUT2D eigenvalue weighted by molar-refractivity contribution is 6.03. The number of carbonyl (C=O) groups excluding carboxylic acids is 2. The second-order valence-electron chi connectivity index (χ2n) is 8.75. The average molecular weight is 425 g/mol. The van der Waals surface area contributed by atoms with Crippen LogP contribution in [0.15, 0.2) is 31.0 Å². The van der Waals surface area contributed by atoms with Crippen LogP contribution in [-0.4, -0.2) is 54.2 Å². The number of hydrogen-bond donors (Lipinski definition) is 3. The highest BCUT2D eigenvalue weighted by atomic mass is 16.6. The van der Waals surface area contributed by atoms with E-state index in [9.17, 15) is 9.59 Å². The Balaban J connectivity index is 1.39. The van der Waals surface area contributed by atoms with Crippen LogP contribution in [0.1, 0.15) is 56.9 Å². The molecule has 0 saturated heterocycles. The van der Waals surface area contributed by atoms with Crippen LogP contribution in [0, 0.1) is 0 Å². The molecule has 3 heterocycles. The maximum absolute atomic E-state index is 13.0. The molecule has 1 aliphatic rings. The zero-order chi connectivity index (χ0) is 22.0. The summed E-state index contributed by atoms with van der Waals surface area (Å²) < 4.78 is 6.98. The molecule has 164 valence electrons. The average Bonchev–Trinajstić information content (AvgIpc) is 3.39. The fraction of sp³-hybridized carbons (Fsp3) is 0.476. The smallest absolute Gasteiger partial charge is 0.407 e. The quantitative estimate of drug-likeness (QED) is 0.590. The molecule has 1 fully saturated rings. The predicted octanol–water partition coefficient (Wildman–Crippen LogP) is 2.71. The molecule has 3 N–H and O–H groups in total. The van der Waals surface area contributed by atoms with E-state index < -0.39 is 11.7 Å². The number of H-pyrrole nitrogens is 1. The molecule has 0 unspecified atom stereocenters. The Bertz CT molecular complexity index is 1060. The SMILES string of the molecule is CC(C)(C)OC(=O)NC1CCC(NC(=O)c2nc(-n3ccnc3)nc3cc[nH]c23)CC1. The van der Waals surface area contributed by atoms with Gasteiger partial charge in [0.1, 0.15) is 11.9 Å². The van der Waals surface area contributed by atoms with Gasteiger partial charge in [-0.15, -0.1) is 0 Å². The van der Waals surface area contributed by atoms with E-state index in [4.69, 9.17) is 4.74 Å². The van der Waals surface area contributed by atoms with E-state index in [2.05, 4.69) is 30.6 Å². The summed E-state index contributed by atoms with van der Waals surface area (Å²) in [5, 5.41) is 6.00. The van der Waals surface area contributed by atoms with Gasteiger partial charge in [-0.05, 0) is 52.5 Å². The van der Waals surface area contributed by atoms with Gasteiger partial charge in [-0.3, -0.25) is 9.36 Å². The number of amides is 2. The standard InChI is InChI=1S/C21H27N7O3/c1-21(2,3)31-20(30)25-14-6-4-13(5-7-14)24-18(29)17-16-15(8-9-23-16)26-19(27-17)28-11-10-22-12-28/h8-14,23H,4-7H2,1-3H3,(H,24,29)(H,25,30). The Morgan fingerprint density at radius 1 is 1.13 bits per heavy atom. The fourth-order valence-corrected chi connectivity index (χ4v) is 3.70. The normalized spacial score (nSPS) is 19.2. The zero-order valence-corrected chi connectivity index (χ0v) is 17.9. The number of carbonyl (C=O) groups is 2. The Hall–Kier alpha value is -3.43. The highest BCUT2D eigenvalue weighted by Gasteiger charge is 2.27. The number of alkyl carbamates (subject to hydrolysis) is 1. The van der Waals surface area contributed by atoms with Gasteiger partial charge in [0, 0.05) is 30.7 Å². The van der Waals surface area contributed by atoms with Crippen molar-refractivity contribution < 1.29 is 14.3 Å². The summed E-state index contributed by atoms with van der Waals surface area (Å²) in [5.74, 6) is 0.139. The third kappa shape index (κ3) is 5.01. The number of fused-ring (bicyclic) bond motifs is 1. The summed E-state index contributed by atoms with van der Waals surface area (Å²) in [5.41, 5.74) is 1.04. The first-order valence-electron chi connectivity index (χ1n) is 10.4. The van der Waals surface area contributed by atoms with Crippen molar-refractivity contribution >= 4 is 23.0 Å². The van der Waals surface area contributed by atoms with Crippen molar-refractivity contribution in [3.63, 3.8) is 0 Å². The molecular formula is C21H27N7O3. The number of nitrogens with zero attached hydrogens (tertiary/aromatic N) is 4. The predicted molar refractivity (Wildman–Crippen MR) is 114 cm³/mol. The number of aromatic amines is 1. The summed E-state index contributed by atoms with van der Waals surface area (Å²) in [6, 6.07) is 1.87. The first-order valence-corrected chi connectivity index (χ1v) is 10.4. The van der Waals surface area contributed by atoms with Gasteiger partial charge >= 0.3 is 6.09 Å². The van der Waals surface area contributed by atoms with Crippen LogP contribution in [0.25, 0.3) is 17.0 Å². The Morgan fingerprint density at radius 3 is 2.48 bits per heavy atom. The van der Waals surface area contributed by atoms with E-state index in [-0.39, 0.29) is 18.0 Å². The van der Waals surface area contributed by atoms with Crippen LogP contribution in [0.4, 0.5) is 4.79 Å². The van der Waals surface area contributed by atoms with E-state index in [1.165, 1.54) is 0 Å². The lowest BCUT2D eigenvalue weighted by atomic mass is 9.91. The Labute approximate surface area is 179 Å². The van der Waals surface area contributed by atoms with E-state index in [0.717, 1.165) is 25.7 Å². The summed E-state index contributed by atoms with van der Waals surface area (Å²) in [6.45, 7) is 5.52. The minimum absolute atomic E-state index is 0.0147. The van der Waals surface area contributed by atoms with Gasteiger partial charge in [0.15, 0.2) is 5.69 Å². The van der Waals surface area contributed by atoms with E-state index in [1.54, 1.807) is 29.5 Å². The van der Waals surface area contributed by atoms with Crippen LogP contribution in [0.3, 0.4) is 0 Å². The number of aromatic nitrogens is 5. The molecular weight excluding hydrogens is 398 g/mol. The molecule has 0 aliphatic heterocycles. The number of rotatable bonds is 4. The molecule has 0 bridgehead atoms. The summed E-state index contributed by atoms with van der Waals surface area (Å²) in [7, 11) is 0. The monoisotopic (exact) mass is 425 g/mol. The van der Waals surface area contributed by atoms with Crippen LogP contribution < -0.4 is 10.6 Å². The lowest BCUT2D eigenvalue weighted by Gasteiger charge is -2.30. The number of ether oxygens (including phenoxy) is 1. The molecule has 0 radical (unpaired) electrons. The molecule has 10 heteroatoms. The summed E-state index contributed by atoms with van der Waals surface area (Å²) >= 11 is 0. The molecule has 3 aromatic heterocycles. The van der Waals surface area contributed by atoms with Crippen LogP contribution in [0.2, 0.25) is 0 Å². The lowest BCUT2D eigenvalue weighted by molar-refractivity contribution is 0.0488. The largest absolute Gasteiger partial charge is 0.444 e. The van der Waals surface area contributed by atoms with Crippen LogP contribution in [-0.2, 0) is 4.74 Å². The zero-order valence-electron chi connectivity index (χ0n) is 17.9. The van der Waals surface area contributed by atoms with Gasteiger partial charge in [-0.25, -0.2) is 19.7 Å². The molecule has 0 spiro atoms. The van der Waals surface area contributed by atoms with Gasteiger partial charge in [0.2, 0.25) is 5.95 Å². The molecule has 10 nitrogen and oxygen atoms in total. The number of hydrogen-bond acceptors (Lipinski definition) is 6. The second kappa shape index (κ2) is 8.37.